The SMILES string of the molecule is Cc1ccc(-n2c(C)nnc2S[C@H](C)C(=O)c2ccccc2)cc1. The third-order valence-electron chi connectivity index (χ3n) is 3.80. The van der Waals surface area contributed by atoms with E-state index in [9.17, 15) is 4.79 Å². The van der Waals surface area contributed by atoms with Gasteiger partial charge >= 0.3 is 0 Å². The number of hydrogen-bond donors (Lipinski definition) is 0. The number of nitrogens with zero attached hydrogens (tertiary/aromatic N) is 3. The fraction of sp³-hybridized carbons (Fsp3) is 0.211. The average molecular weight is 337 g/mol. The van der Waals surface area contributed by atoms with Crippen molar-refractivity contribution in [1.82, 2.24) is 14.8 Å². The van der Waals surface area contributed by atoms with Gasteiger partial charge in [-0.25, -0.2) is 0 Å². The molecule has 0 saturated carbocycles. The summed E-state index contributed by atoms with van der Waals surface area (Å²) in [6, 6.07) is 17.5. The van der Waals surface area contributed by atoms with Crippen LogP contribution in [-0.2, 0) is 0 Å². The van der Waals surface area contributed by atoms with E-state index in [2.05, 4.69) is 29.3 Å². The fourth-order valence-corrected chi connectivity index (χ4v) is 3.45. The van der Waals surface area contributed by atoms with Crippen LogP contribution in [0.4, 0.5) is 0 Å². The number of rotatable bonds is 5. The first kappa shape index (κ1) is 16.5. The van der Waals surface area contributed by atoms with E-state index in [1.54, 1.807) is 0 Å². The number of benzene rings is 2. The molecule has 3 aromatic rings. The number of Topliss-reactive ketones (excluding diaryl/α,β-unsaturated/α-hetero) is 1. The summed E-state index contributed by atoms with van der Waals surface area (Å²) in [5.74, 6) is 0.900. The number of thioether (sulfide) groups is 1. The van der Waals surface area contributed by atoms with E-state index in [4.69, 9.17) is 0 Å². The lowest BCUT2D eigenvalue weighted by molar-refractivity contribution is 0.0994. The highest BCUT2D eigenvalue weighted by atomic mass is 32.2. The van der Waals surface area contributed by atoms with Crippen molar-refractivity contribution in [1.29, 1.82) is 0 Å². The summed E-state index contributed by atoms with van der Waals surface area (Å²) in [6.45, 7) is 5.88. The maximum atomic E-state index is 12.6. The van der Waals surface area contributed by atoms with Gasteiger partial charge in [0.05, 0.1) is 5.25 Å². The first-order valence-corrected chi connectivity index (χ1v) is 8.69. The molecule has 0 N–H and O–H groups in total. The van der Waals surface area contributed by atoms with Crippen LogP contribution in [0.5, 0.6) is 0 Å². The predicted molar refractivity (Wildman–Crippen MR) is 96.9 cm³/mol. The van der Waals surface area contributed by atoms with Crippen LogP contribution in [0.15, 0.2) is 59.8 Å². The summed E-state index contributed by atoms with van der Waals surface area (Å²) in [5.41, 5.74) is 2.92. The molecule has 2 aromatic carbocycles. The van der Waals surface area contributed by atoms with Gasteiger partial charge in [-0.3, -0.25) is 9.36 Å². The Morgan fingerprint density at radius 2 is 1.67 bits per heavy atom. The largest absolute Gasteiger partial charge is 0.293 e. The van der Waals surface area contributed by atoms with Crippen molar-refractivity contribution in [2.24, 2.45) is 0 Å². The van der Waals surface area contributed by atoms with Crippen LogP contribution < -0.4 is 0 Å². The van der Waals surface area contributed by atoms with E-state index in [0.29, 0.717) is 0 Å². The number of aromatic nitrogens is 3. The standard InChI is InChI=1S/C19H19N3OS/c1-13-9-11-17(12-10-13)22-15(3)20-21-19(22)24-14(2)18(23)16-7-5-4-6-8-16/h4-12,14H,1-3H3/t14-/m1/s1. The minimum Gasteiger partial charge on any atom is -0.293 e. The first-order valence-electron chi connectivity index (χ1n) is 7.81. The Kier molecular flexibility index (Phi) is 4.81. The van der Waals surface area contributed by atoms with E-state index in [1.165, 1.54) is 17.3 Å². The summed E-state index contributed by atoms with van der Waals surface area (Å²) in [4.78, 5) is 12.6. The predicted octanol–water partition coefficient (Wildman–Crippen LogP) is 4.25. The quantitative estimate of drug-likeness (QED) is 0.516. The molecule has 0 amide bonds. The van der Waals surface area contributed by atoms with Crippen molar-refractivity contribution < 1.29 is 4.79 Å². The summed E-state index contributed by atoms with van der Waals surface area (Å²) in [7, 11) is 0. The number of aryl methyl sites for hydroxylation is 2. The Hall–Kier alpha value is -2.40. The molecule has 0 saturated heterocycles. The van der Waals surface area contributed by atoms with Gasteiger partial charge in [-0.15, -0.1) is 10.2 Å². The van der Waals surface area contributed by atoms with Gasteiger partial charge in [0.15, 0.2) is 10.9 Å². The summed E-state index contributed by atoms with van der Waals surface area (Å²) >= 11 is 1.43. The third kappa shape index (κ3) is 3.41. The number of hydrogen-bond acceptors (Lipinski definition) is 4. The second-order valence-electron chi connectivity index (χ2n) is 5.69. The van der Waals surface area contributed by atoms with Crippen molar-refractivity contribution in [3.63, 3.8) is 0 Å². The van der Waals surface area contributed by atoms with Gasteiger partial charge in [-0.1, -0.05) is 59.8 Å². The molecule has 5 heteroatoms. The molecule has 0 aliphatic carbocycles. The lowest BCUT2D eigenvalue weighted by Crippen LogP contribution is -2.14. The maximum Gasteiger partial charge on any atom is 0.196 e. The smallest absolute Gasteiger partial charge is 0.196 e. The van der Waals surface area contributed by atoms with Gasteiger partial charge < -0.3 is 0 Å². The maximum absolute atomic E-state index is 12.6. The molecule has 0 bridgehead atoms. The molecule has 0 fully saturated rings. The lowest BCUT2D eigenvalue weighted by Gasteiger charge is -2.12. The second-order valence-corrected chi connectivity index (χ2v) is 7.00. The summed E-state index contributed by atoms with van der Waals surface area (Å²) in [5, 5.41) is 8.93. The van der Waals surface area contributed by atoms with Crippen LogP contribution in [0.25, 0.3) is 5.69 Å². The molecule has 24 heavy (non-hydrogen) atoms. The zero-order chi connectivity index (χ0) is 17.1. The van der Waals surface area contributed by atoms with Crippen LogP contribution in [0, 0.1) is 13.8 Å². The van der Waals surface area contributed by atoms with Gasteiger partial charge in [0.1, 0.15) is 5.82 Å². The Bertz CT molecular complexity index is 841. The molecule has 0 unspecified atom stereocenters. The zero-order valence-corrected chi connectivity index (χ0v) is 14.7. The van der Waals surface area contributed by atoms with E-state index in [-0.39, 0.29) is 11.0 Å². The molecule has 0 spiro atoms. The van der Waals surface area contributed by atoms with Gasteiger partial charge in [0.2, 0.25) is 0 Å². The van der Waals surface area contributed by atoms with Crippen LogP contribution in [-0.4, -0.2) is 25.8 Å². The monoisotopic (exact) mass is 337 g/mol. The number of ketones is 1. The molecular formula is C19H19N3OS. The molecule has 122 valence electrons. The molecule has 0 aliphatic rings. The van der Waals surface area contributed by atoms with E-state index in [0.717, 1.165) is 22.2 Å². The van der Waals surface area contributed by atoms with E-state index in [1.807, 2.05) is 60.9 Å². The minimum atomic E-state index is -0.236. The van der Waals surface area contributed by atoms with Crippen molar-refractivity contribution in [2.45, 2.75) is 31.2 Å². The lowest BCUT2D eigenvalue weighted by atomic mass is 10.1. The zero-order valence-electron chi connectivity index (χ0n) is 13.9. The van der Waals surface area contributed by atoms with Crippen molar-refractivity contribution in [2.75, 3.05) is 0 Å². The number of carbonyl (C=O) groups is 1. The minimum absolute atomic E-state index is 0.0942. The molecule has 4 nitrogen and oxygen atoms in total. The third-order valence-corrected chi connectivity index (χ3v) is 4.84. The fourth-order valence-electron chi connectivity index (χ4n) is 2.46. The van der Waals surface area contributed by atoms with E-state index >= 15 is 0 Å². The van der Waals surface area contributed by atoms with Crippen molar-refractivity contribution in [3.05, 3.63) is 71.5 Å². The highest BCUT2D eigenvalue weighted by Gasteiger charge is 2.20. The molecular weight excluding hydrogens is 318 g/mol. The molecule has 3 rings (SSSR count). The Balaban J connectivity index is 1.86. The molecule has 0 radical (unpaired) electrons. The Labute approximate surface area is 145 Å². The molecule has 0 aliphatic heterocycles. The normalized spacial score (nSPS) is 12.1. The number of carbonyl (C=O) groups excluding carboxylic acids is 1. The highest BCUT2D eigenvalue weighted by Crippen LogP contribution is 2.27. The highest BCUT2D eigenvalue weighted by molar-refractivity contribution is 8.00. The molecule has 1 heterocycles. The van der Waals surface area contributed by atoms with Crippen molar-refractivity contribution >= 4 is 17.5 Å². The summed E-state index contributed by atoms with van der Waals surface area (Å²) in [6.07, 6.45) is 0. The molecule has 1 atom stereocenters. The van der Waals surface area contributed by atoms with Crippen LogP contribution in [0.2, 0.25) is 0 Å². The van der Waals surface area contributed by atoms with E-state index < -0.39 is 0 Å². The topological polar surface area (TPSA) is 47.8 Å². The van der Waals surface area contributed by atoms with Gasteiger partial charge in [0, 0.05) is 11.3 Å². The molecule has 1 aromatic heterocycles. The van der Waals surface area contributed by atoms with Gasteiger partial charge in [0.25, 0.3) is 0 Å². The Morgan fingerprint density at radius 3 is 2.33 bits per heavy atom. The van der Waals surface area contributed by atoms with Gasteiger partial charge in [-0.2, -0.15) is 0 Å². The van der Waals surface area contributed by atoms with Gasteiger partial charge in [-0.05, 0) is 32.9 Å². The second kappa shape index (κ2) is 7.01. The van der Waals surface area contributed by atoms with Crippen molar-refractivity contribution in [3.8, 4) is 5.69 Å². The Morgan fingerprint density at radius 1 is 1.00 bits per heavy atom. The van der Waals surface area contributed by atoms with Crippen LogP contribution in [0.3, 0.4) is 0 Å². The first-order chi connectivity index (χ1) is 11.6. The van der Waals surface area contributed by atoms with Crippen LogP contribution >= 0.6 is 11.8 Å². The van der Waals surface area contributed by atoms with Crippen LogP contribution in [0.1, 0.15) is 28.7 Å². The average Bonchev–Trinajstić information content (AvgIpc) is 2.96. The summed E-state index contributed by atoms with van der Waals surface area (Å²) < 4.78 is 1.98.